The van der Waals surface area contributed by atoms with Crippen molar-refractivity contribution in [3.05, 3.63) is 72.8 Å². The molecule has 0 unspecified atom stereocenters. The number of carbonyl (C=O) groups excluding carboxylic acids is 1. The fourth-order valence-corrected chi connectivity index (χ4v) is 11.1. The molecule has 0 aliphatic heterocycles. The van der Waals surface area contributed by atoms with Crippen LogP contribution in [-0.4, -0.2) is 68.3 Å². The van der Waals surface area contributed by atoms with Crippen LogP contribution in [0.1, 0.15) is 87.0 Å². The Morgan fingerprint density at radius 3 is 1.96 bits per heavy atom. The number of ether oxygens (including phenoxy) is 3. The zero-order valence-electron chi connectivity index (χ0n) is 30.7. The van der Waals surface area contributed by atoms with Gasteiger partial charge in [0.25, 0.3) is 18.4 Å². The van der Waals surface area contributed by atoms with Crippen molar-refractivity contribution >= 4 is 34.8 Å². The van der Waals surface area contributed by atoms with E-state index in [1.54, 1.807) is 27.9 Å². The highest BCUT2D eigenvalue weighted by Crippen LogP contribution is 2.37. The van der Waals surface area contributed by atoms with Crippen LogP contribution in [0, 0.1) is 11.3 Å². The van der Waals surface area contributed by atoms with Crippen LogP contribution in [0.3, 0.4) is 0 Å². The number of esters is 1. The van der Waals surface area contributed by atoms with Crippen LogP contribution in [0.4, 0.5) is 0 Å². The van der Waals surface area contributed by atoms with Gasteiger partial charge >= 0.3 is 5.97 Å². The summed E-state index contributed by atoms with van der Waals surface area (Å²) in [6.45, 7) is 15.5. The Kier molecular flexibility index (Phi) is 17.2. The van der Waals surface area contributed by atoms with Gasteiger partial charge in [-0.1, -0.05) is 101 Å². The Balaban J connectivity index is 2.03. The van der Waals surface area contributed by atoms with E-state index in [1.165, 1.54) is 10.4 Å². The SMILES string of the molecule is COCO[C@H](CC/C=C/C[C@@H](CCCOC(=O)C(C)(C)C)OS(C)(=O)=O)C[C@@H](C)CO[Si](c1ccccc1)(c1ccccc1)C(C)(C)C. The molecule has 270 valence electrons. The number of benzene rings is 2. The molecule has 0 spiro atoms. The van der Waals surface area contributed by atoms with Crippen molar-refractivity contribution in [2.45, 2.75) is 104 Å². The van der Waals surface area contributed by atoms with Gasteiger partial charge in [0.15, 0.2) is 0 Å². The lowest BCUT2D eigenvalue weighted by molar-refractivity contribution is -0.153. The van der Waals surface area contributed by atoms with Crippen molar-refractivity contribution in [2.75, 3.05) is 33.4 Å². The molecule has 2 rings (SSSR count). The molecule has 0 aliphatic carbocycles. The molecule has 0 saturated carbocycles. The quantitative estimate of drug-likeness (QED) is 0.0342. The van der Waals surface area contributed by atoms with Crippen LogP contribution < -0.4 is 10.4 Å². The predicted molar refractivity (Wildman–Crippen MR) is 196 cm³/mol. The monoisotopic (exact) mass is 704 g/mol. The van der Waals surface area contributed by atoms with Gasteiger partial charge < -0.3 is 18.6 Å². The standard InChI is InChI=1S/C38H60O8SSi/c1-31(29-45-48(38(5,6)7,34-23-15-11-16-24-34)35-25-17-12-18-26-35)28-33(44-30-42-8)21-14-10-13-20-32(46-47(9,40)41)22-19-27-43-36(39)37(2,3)4/h10-13,15-18,23-26,31-33H,14,19-22,27-30H2,1-9H3/b13-10+/t31-,32+,33-/m1/s1. The fraction of sp³-hybridized carbons (Fsp3) is 0.605. The molecule has 0 aliphatic rings. The van der Waals surface area contributed by atoms with Crippen molar-refractivity contribution in [1.29, 1.82) is 0 Å². The smallest absolute Gasteiger partial charge is 0.311 e. The Bertz CT molecular complexity index is 1290. The molecular formula is C38H60O8SSi. The highest BCUT2D eigenvalue weighted by molar-refractivity contribution is 7.86. The summed E-state index contributed by atoms with van der Waals surface area (Å²) in [7, 11) is -4.64. The maximum Gasteiger partial charge on any atom is 0.311 e. The van der Waals surface area contributed by atoms with Crippen LogP contribution in [0.25, 0.3) is 0 Å². The Morgan fingerprint density at radius 2 is 1.46 bits per heavy atom. The van der Waals surface area contributed by atoms with E-state index in [1.807, 2.05) is 12.2 Å². The van der Waals surface area contributed by atoms with E-state index in [9.17, 15) is 13.2 Å². The van der Waals surface area contributed by atoms with Crippen molar-refractivity contribution in [3.8, 4) is 0 Å². The lowest BCUT2D eigenvalue weighted by Crippen LogP contribution is -2.66. The fourth-order valence-electron chi connectivity index (χ4n) is 5.77. The summed E-state index contributed by atoms with van der Waals surface area (Å²) in [6.07, 6.45) is 8.25. The van der Waals surface area contributed by atoms with Crippen LogP contribution in [0.15, 0.2) is 72.8 Å². The Hall–Kier alpha value is -2.34. The topological polar surface area (TPSA) is 97.4 Å². The van der Waals surface area contributed by atoms with Crippen LogP contribution in [-0.2, 0) is 37.7 Å². The molecule has 0 N–H and O–H groups in total. The lowest BCUT2D eigenvalue weighted by Gasteiger charge is -2.43. The molecule has 8 nitrogen and oxygen atoms in total. The normalized spacial score (nSPS) is 14.9. The number of hydrogen-bond acceptors (Lipinski definition) is 8. The highest BCUT2D eigenvalue weighted by Gasteiger charge is 2.50. The number of rotatable bonds is 21. The van der Waals surface area contributed by atoms with Crippen LogP contribution >= 0.6 is 0 Å². The molecule has 0 heterocycles. The second-order valence-corrected chi connectivity index (χ2v) is 20.7. The molecule has 48 heavy (non-hydrogen) atoms. The van der Waals surface area contributed by atoms with E-state index < -0.39 is 30.0 Å². The molecule has 0 amide bonds. The zero-order valence-corrected chi connectivity index (χ0v) is 32.5. The van der Waals surface area contributed by atoms with Gasteiger partial charge in [-0.15, -0.1) is 0 Å². The minimum Gasteiger partial charge on any atom is -0.465 e. The van der Waals surface area contributed by atoms with Crippen molar-refractivity contribution in [3.63, 3.8) is 0 Å². The van der Waals surface area contributed by atoms with Crippen LogP contribution in [0.2, 0.25) is 5.04 Å². The molecular weight excluding hydrogens is 645 g/mol. The van der Waals surface area contributed by atoms with Crippen LogP contribution in [0.5, 0.6) is 0 Å². The summed E-state index contributed by atoms with van der Waals surface area (Å²) < 4.78 is 52.8. The zero-order chi connectivity index (χ0) is 35.8. The third kappa shape index (κ3) is 14.3. The second-order valence-electron chi connectivity index (χ2n) is 14.7. The number of carbonyl (C=O) groups is 1. The van der Waals surface area contributed by atoms with E-state index in [-0.39, 0.29) is 36.4 Å². The summed E-state index contributed by atoms with van der Waals surface area (Å²) in [4.78, 5) is 12.0. The predicted octanol–water partition coefficient (Wildman–Crippen LogP) is 7.02. The largest absolute Gasteiger partial charge is 0.465 e. The summed E-state index contributed by atoms with van der Waals surface area (Å²) in [5, 5.41) is 2.43. The number of methoxy groups -OCH3 is 1. The third-order valence-electron chi connectivity index (χ3n) is 8.14. The van der Waals surface area contributed by atoms with Gasteiger partial charge in [0, 0.05) is 13.7 Å². The summed E-state index contributed by atoms with van der Waals surface area (Å²) in [5.41, 5.74) is -0.579. The molecule has 10 heteroatoms. The van der Waals surface area contributed by atoms with Crippen molar-refractivity contribution in [1.82, 2.24) is 0 Å². The van der Waals surface area contributed by atoms with Crippen molar-refractivity contribution < 1.29 is 36.0 Å². The summed E-state index contributed by atoms with van der Waals surface area (Å²) in [6, 6.07) is 21.3. The minimum absolute atomic E-state index is 0.0343. The molecule has 0 radical (unpaired) electrons. The van der Waals surface area contributed by atoms with Gasteiger partial charge in [0.2, 0.25) is 0 Å². The van der Waals surface area contributed by atoms with E-state index in [0.29, 0.717) is 25.9 Å². The average Bonchev–Trinajstić information content (AvgIpc) is 3.00. The first-order valence-corrected chi connectivity index (χ1v) is 20.8. The van der Waals surface area contributed by atoms with E-state index in [0.717, 1.165) is 25.5 Å². The lowest BCUT2D eigenvalue weighted by atomic mass is 9.97. The Labute approximate surface area is 291 Å². The number of hydrogen-bond donors (Lipinski definition) is 0. The molecule has 0 fully saturated rings. The molecule has 3 atom stereocenters. The summed E-state index contributed by atoms with van der Waals surface area (Å²) in [5.74, 6) is -0.0468. The van der Waals surface area contributed by atoms with E-state index in [4.69, 9.17) is 22.8 Å². The first-order valence-electron chi connectivity index (χ1n) is 17.1. The molecule has 0 bridgehead atoms. The van der Waals surface area contributed by atoms with Crippen molar-refractivity contribution in [2.24, 2.45) is 11.3 Å². The highest BCUT2D eigenvalue weighted by atomic mass is 32.2. The maximum absolute atomic E-state index is 12.0. The Morgan fingerprint density at radius 1 is 0.875 bits per heavy atom. The molecule has 0 aromatic heterocycles. The summed E-state index contributed by atoms with van der Waals surface area (Å²) >= 11 is 0. The molecule has 2 aromatic carbocycles. The van der Waals surface area contributed by atoms with Gasteiger partial charge in [0.1, 0.15) is 6.79 Å². The van der Waals surface area contributed by atoms with E-state index in [2.05, 4.69) is 88.4 Å². The first kappa shape index (κ1) is 41.8. The molecule has 2 aromatic rings. The van der Waals surface area contributed by atoms with Gasteiger partial charge in [-0.2, -0.15) is 8.42 Å². The first-order chi connectivity index (χ1) is 22.5. The van der Waals surface area contributed by atoms with Gasteiger partial charge in [-0.25, -0.2) is 0 Å². The average molecular weight is 705 g/mol. The van der Waals surface area contributed by atoms with Gasteiger partial charge in [-0.3, -0.25) is 8.98 Å². The minimum atomic E-state index is -3.63. The second kappa shape index (κ2) is 19.7. The molecule has 0 saturated heterocycles. The third-order valence-corrected chi connectivity index (χ3v) is 13.8. The van der Waals surface area contributed by atoms with Gasteiger partial charge in [-0.05, 0) is 80.6 Å². The maximum atomic E-state index is 12.0. The van der Waals surface area contributed by atoms with Gasteiger partial charge in [0.05, 0.1) is 30.5 Å². The van der Waals surface area contributed by atoms with E-state index >= 15 is 0 Å². The number of allylic oxidation sites excluding steroid dienone is 1.